The molecule has 0 aromatic carbocycles. The number of nitrogens with two attached hydrogens (primary N) is 1. The molecule has 3 aliphatic rings. The Bertz CT molecular complexity index is 406. The molecule has 2 atom stereocenters. The minimum atomic E-state index is 0.0189. The van der Waals surface area contributed by atoms with Crippen LogP contribution in [0.3, 0.4) is 0 Å². The summed E-state index contributed by atoms with van der Waals surface area (Å²) in [5.41, 5.74) is 6.12. The Hall–Kier alpha value is -1.30. The van der Waals surface area contributed by atoms with Gasteiger partial charge in [-0.2, -0.15) is 0 Å². The Kier molecular flexibility index (Phi) is 4.33. The maximum atomic E-state index is 12.6. The fourth-order valence-electron chi connectivity index (χ4n) is 3.93. The summed E-state index contributed by atoms with van der Waals surface area (Å²) in [6.07, 6.45) is 5.96. The lowest BCUT2D eigenvalue weighted by atomic mass is 9.83. The van der Waals surface area contributed by atoms with Gasteiger partial charge in [0.2, 0.25) is 5.91 Å². The highest BCUT2D eigenvalue weighted by atomic mass is 16.2. The van der Waals surface area contributed by atoms with Crippen molar-refractivity contribution in [1.82, 2.24) is 15.1 Å². The molecule has 3 fully saturated rings. The Morgan fingerprint density at radius 3 is 2.43 bits per heavy atom. The minimum Gasteiger partial charge on any atom is -0.342 e. The van der Waals surface area contributed by atoms with E-state index in [9.17, 15) is 9.59 Å². The van der Waals surface area contributed by atoms with E-state index < -0.39 is 0 Å². The van der Waals surface area contributed by atoms with Gasteiger partial charge in [-0.3, -0.25) is 4.79 Å². The first-order valence-electron chi connectivity index (χ1n) is 8.25. The number of rotatable bonds is 2. The standard InChI is InChI=1S/C15H26N4O2/c16-13-4-2-1-3-12(13)14(20)18-8-5-11(6-9-18)19-10-7-17-15(19)21/h11-13H,1-10,16H2,(H,17,21). The van der Waals surface area contributed by atoms with Crippen molar-refractivity contribution in [2.75, 3.05) is 26.2 Å². The number of urea groups is 1. The molecule has 118 valence electrons. The average molecular weight is 294 g/mol. The second kappa shape index (κ2) is 6.22. The maximum absolute atomic E-state index is 12.6. The molecule has 2 heterocycles. The van der Waals surface area contributed by atoms with Gasteiger partial charge in [-0.1, -0.05) is 12.8 Å². The molecule has 1 aliphatic carbocycles. The minimum absolute atomic E-state index is 0.0189. The summed E-state index contributed by atoms with van der Waals surface area (Å²) >= 11 is 0. The number of hydrogen-bond acceptors (Lipinski definition) is 3. The van der Waals surface area contributed by atoms with Gasteiger partial charge in [-0.25, -0.2) is 4.79 Å². The number of carbonyl (C=O) groups excluding carboxylic acids is 2. The fraction of sp³-hybridized carbons (Fsp3) is 0.867. The molecule has 1 saturated carbocycles. The largest absolute Gasteiger partial charge is 0.342 e. The summed E-state index contributed by atoms with van der Waals surface area (Å²) in [6, 6.07) is 0.374. The van der Waals surface area contributed by atoms with Crippen LogP contribution in [0.25, 0.3) is 0 Å². The first-order valence-corrected chi connectivity index (χ1v) is 8.25. The van der Waals surface area contributed by atoms with E-state index >= 15 is 0 Å². The molecule has 3 N–H and O–H groups in total. The van der Waals surface area contributed by atoms with Crippen molar-refractivity contribution in [3.8, 4) is 0 Å². The molecular weight excluding hydrogens is 268 g/mol. The number of piperidine rings is 1. The lowest BCUT2D eigenvalue weighted by Gasteiger charge is -2.39. The van der Waals surface area contributed by atoms with Crippen LogP contribution in [0, 0.1) is 5.92 Å². The maximum Gasteiger partial charge on any atom is 0.317 e. The first kappa shape index (κ1) is 14.6. The van der Waals surface area contributed by atoms with Gasteiger partial charge < -0.3 is 20.9 Å². The predicted octanol–water partition coefficient (Wildman–Crippen LogP) is 0.520. The molecule has 0 spiro atoms. The van der Waals surface area contributed by atoms with Crippen LogP contribution in [0.15, 0.2) is 0 Å². The van der Waals surface area contributed by atoms with Gasteiger partial charge in [0.25, 0.3) is 0 Å². The molecule has 3 rings (SSSR count). The van der Waals surface area contributed by atoms with Gasteiger partial charge in [0, 0.05) is 38.3 Å². The van der Waals surface area contributed by atoms with Crippen molar-refractivity contribution in [1.29, 1.82) is 0 Å². The van der Waals surface area contributed by atoms with Crippen LogP contribution in [0.1, 0.15) is 38.5 Å². The Morgan fingerprint density at radius 1 is 1.10 bits per heavy atom. The molecule has 0 radical (unpaired) electrons. The van der Waals surface area contributed by atoms with Crippen molar-refractivity contribution in [2.24, 2.45) is 11.7 Å². The van der Waals surface area contributed by atoms with Gasteiger partial charge in [-0.15, -0.1) is 0 Å². The van der Waals surface area contributed by atoms with Gasteiger partial charge in [0.1, 0.15) is 0 Å². The number of amides is 3. The van der Waals surface area contributed by atoms with E-state index in [4.69, 9.17) is 5.73 Å². The van der Waals surface area contributed by atoms with Gasteiger partial charge >= 0.3 is 6.03 Å². The van der Waals surface area contributed by atoms with E-state index in [0.29, 0.717) is 0 Å². The molecule has 2 aliphatic heterocycles. The highest BCUT2D eigenvalue weighted by Crippen LogP contribution is 2.27. The third kappa shape index (κ3) is 3.00. The van der Waals surface area contributed by atoms with Crippen molar-refractivity contribution < 1.29 is 9.59 Å². The number of carbonyl (C=O) groups is 2. The van der Waals surface area contributed by atoms with E-state index in [1.54, 1.807) is 0 Å². The number of hydrogen-bond donors (Lipinski definition) is 2. The van der Waals surface area contributed by atoms with E-state index in [0.717, 1.165) is 64.7 Å². The lowest BCUT2D eigenvalue weighted by Crippen LogP contribution is -2.51. The fourth-order valence-corrected chi connectivity index (χ4v) is 3.93. The summed E-state index contributed by atoms with van der Waals surface area (Å²) in [4.78, 5) is 28.2. The van der Waals surface area contributed by atoms with Crippen LogP contribution in [0.2, 0.25) is 0 Å². The van der Waals surface area contributed by atoms with E-state index in [2.05, 4.69) is 5.32 Å². The molecule has 0 bridgehead atoms. The summed E-state index contributed by atoms with van der Waals surface area (Å²) in [7, 11) is 0. The van der Waals surface area contributed by atoms with Crippen molar-refractivity contribution in [3.63, 3.8) is 0 Å². The van der Waals surface area contributed by atoms with Gasteiger partial charge in [0.05, 0.1) is 5.92 Å². The second-order valence-electron chi connectivity index (χ2n) is 6.54. The topological polar surface area (TPSA) is 78.7 Å². The Balaban J connectivity index is 1.53. The lowest BCUT2D eigenvalue weighted by molar-refractivity contribution is -0.138. The van der Waals surface area contributed by atoms with E-state index in [-0.39, 0.29) is 29.9 Å². The highest BCUT2D eigenvalue weighted by Gasteiger charge is 2.35. The SMILES string of the molecule is NC1CCCCC1C(=O)N1CCC(N2CCNC2=O)CC1. The van der Waals surface area contributed by atoms with Crippen LogP contribution in [0.5, 0.6) is 0 Å². The molecular formula is C15H26N4O2. The summed E-state index contributed by atoms with van der Waals surface area (Å²) in [6.45, 7) is 3.06. The van der Waals surface area contributed by atoms with Crippen LogP contribution >= 0.6 is 0 Å². The third-order valence-electron chi connectivity index (χ3n) is 5.24. The Morgan fingerprint density at radius 2 is 1.81 bits per heavy atom. The van der Waals surface area contributed by atoms with Crippen molar-refractivity contribution in [2.45, 2.75) is 50.6 Å². The molecule has 2 unspecified atom stereocenters. The van der Waals surface area contributed by atoms with Crippen LogP contribution in [-0.4, -0.2) is 60.0 Å². The predicted molar refractivity (Wildman–Crippen MR) is 79.6 cm³/mol. The molecule has 6 heteroatoms. The summed E-state index contributed by atoms with van der Waals surface area (Å²) in [5, 5.41) is 2.85. The zero-order chi connectivity index (χ0) is 14.8. The Labute approximate surface area is 126 Å². The van der Waals surface area contributed by atoms with Crippen LogP contribution in [-0.2, 0) is 4.79 Å². The van der Waals surface area contributed by atoms with Crippen molar-refractivity contribution in [3.05, 3.63) is 0 Å². The van der Waals surface area contributed by atoms with E-state index in [1.807, 2.05) is 9.80 Å². The molecule has 2 saturated heterocycles. The smallest absolute Gasteiger partial charge is 0.317 e. The zero-order valence-corrected chi connectivity index (χ0v) is 12.6. The molecule has 3 amide bonds. The van der Waals surface area contributed by atoms with Crippen LogP contribution in [0.4, 0.5) is 4.79 Å². The number of nitrogens with zero attached hydrogens (tertiary/aromatic N) is 2. The van der Waals surface area contributed by atoms with Crippen molar-refractivity contribution >= 4 is 11.9 Å². The van der Waals surface area contributed by atoms with Gasteiger partial charge in [-0.05, 0) is 25.7 Å². The quantitative estimate of drug-likeness (QED) is 0.779. The average Bonchev–Trinajstić information content (AvgIpc) is 2.93. The molecule has 6 nitrogen and oxygen atoms in total. The molecule has 0 aromatic rings. The number of nitrogens with one attached hydrogen (secondary N) is 1. The zero-order valence-electron chi connectivity index (χ0n) is 12.6. The van der Waals surface area contributed by atoms with Gasteiger partial charge in [0.15, 0.2) is 0 Å². The second-order valence-corrected chi connectivity index (χ2v) is 6.54. The molecule has 21 heavy (non-hydrogen) atoms. The third-order valence-corrected chi connectivity index (χ3v) is 5.24. The number of likely N-dealkylation sites (tertiary alicyclic amines) is 1. The van der Waals surface area contributed by atoms with E-state index in [1.165, 1.54) is 0 Å². The normalized spacial score (nSPS) is 31.4. The summed E-state index contributed by atoms with van der Waals surface area (Å²) < 4.78 is 0. The molecule has 0 aromatic heterocycles. The highest BCUT2D eigenvalue weighted by molar-refractivity contribution is 5.80. The first-order chi connectivity index (χ1) is 10.2. The summed E-state index contributed by atoms with van der Waals surface area (Å²) in [5.74, 6) is 0.261. The monoisotopic (exact) mass is 294 g/mol. The van der Waals surface area contributed by atoms with Crippen LogP contribution < -0.4 is 11.1 Å².